The van der Waals surface area contributed by atoms with Gasteiger partial charge in [0.15, 0.2) is 5.78 Å². The lowest BCUT2D eigenvalue weighted by molar-refractivity contribution is -0.0529. The second-order valence-electron chi connectivity index (χ2n) is 14.3. The predicted molar refractivity (Wildman–Crippen MR) is 179 cm³/mol. The molecule has 5 aliphatic rings. The van der Waals surface area contributed by atoms with Crippen LogP contribution in [-0.4, -0.2) is 42.1 Å². The van der Waals surface area contributed by atoms with Crippen LogP contribution in [0.5, 0.6) is 0 Å². The van der Waals surface area contributed by atoms with E-state index in [1.807, 2.05) is 0 Å². The summed E-state index contributed by atoms with van der Waals surface area (Å²) in [5.74, 6) is 0.977. The lowest BCUT2D eigenvalue weighted by atomic mass is 9.48. The number of carbonyl (C=O) groups excluding carboxylic acids is 1. The summed E-state index contributed by atoms with van der Waals surface area (Å²) in [6.45, 7) is 2.22. The lowest BCUT2D eigenvalue weighted by Gasteiger charge is -2.67. The van der Waals surface area contributed by atoms with Gasteiger partial charge in [0.1, 0.15) is 0 Å². The number of carbonyl (C=O) groups is 1. The first kappa shape index (κ1) is 28.5. The van der Waals surface area contributed by atoms with Gasteiger partial charge >= 0.3 is 0 Å². The van der Waals surface area contributed by atoms with Gasteiger partial charge in [-0.1, -0.05) is 112 Å². The molecule has 1 saturated carbocycles. The number of nitrogens with one attached hydrogen (secondary N) is 1. The van der Waals surface area contributed by atoms with Crippen LogP contribution in [0.3, 0.4) is 0 Å². The van der Waals surface area contributed by atoms with Crippen molar-refractivity contribution in [3.8, 4) is 0 Å². The summed E-state index contributed by atoms with van der Waals surface area (Å²) in [5.41, 5.74) is 5.64. The molecule has 3 heterocycles. The number of nitrogens with zero attached hydrogens (tertiary/aromatic N) is 2. The third-order valence-electron chi connectivity index (χ3n) is 12.1. The minimum Gasteiger partial charge on any atom is -0.340 e. The summed E-state index contributed by atoms with van der Waals surface area (Å²) in [6.07, 6.45) is 17.5. The van der Waals surface area contributed by atoms with Gasteiger partial charge in [-0.15, -0.1) is 0 Å². The Morgan fingerprint density at radius 1 is 0.614 bits per heavy atom. The van der Waals surface area contributed by atoms with Gasteiger partial charge in [-0.2, -0.15) is 0 Å². The molecule has 4 unspecified atom stereocenters. The molecule has 4 heteroatoms. The van der Waals surface area contributed by atoms with Crippen LogP contribution in [0.2, 0.25) is 0 Å². The van der Waals surface area contributed by atoms with E-state index in [-0.39, 0.29) is 23.5 Å². The molecule has 0 radical (unpaired) electrons. The van der Waals surface area contributed by atoms with Gasteiger partial charge in [0, 0.05) is 46.7 Å². The molecule has 4 nitrogen and oxygen atoms in total. The SMILES string of the molecule is O=C1c2ccccc2C2(c3ccccc31)C1CCCNC1N(c1ccccc1)C1C2CCCN1C1CCCCCCCCC1. The summed E-state index contributed by atoms with van der Waals surface area (Å²) in [4.78, 5) is 20.0. The van der Waals surface area contributed by atoms with Gasteiger partial charge in [-0.25, -0.2) is 0 Å². The van der Waals surface area contributed by atoms with Crippen molar-refractivity contribution < 1.29 is 4.79 Å². The molecule has 4 atom stereocenters. The number of fused-ring (bicyclic) bond motifs is 8. The van der Waals surface area contributed by atoms with Gasteiger partial charge in [0.2, 0.25) is 0 Å². The maximum atomic E-state index is 14.1. The zero-order valence-corrected chi connectivity index (χ0v) is 26.3. The number of rotatable bonds is 2. The first-order valence-corrected chi connectivity index (χ1v) is 17.9. The highest BCUT2D eigenvalue weighted by atomic mass is 16.1. The normalized spacial score (nSPS) is 29.3. The Bertz CT molecular complexity index is 1410. The first-order chi connectivity index (χ1) is 21.8. The molecule has 8 rings (SSSR count). The lowest BCUT2D eigenvalue weighted by Crippen LogP contribution is -2.76. The number of anilines is 1. The number of ketones is 1. The van der Waals surface area contributed by atoms with Crippen LogP contribution in [0.15, 0.2) is 78.9 Å². The average molecular weight is 588 g/mol. The smallest absolute Gasteiger partial charge is 0.193 e. The summed E-state index contributed by atoms with van der Waals surface area (Å²) in [7, 11) is 0. The molecule has 2 aliphatic carbocycles. The Hall–Kier alpha value is -2.95. The Labute approximate surface area is 264 Å². The Morgan fingerprint density at radius 2 is 1.20 bits per heavy atom. The maximum Gasteiger partial charge on any atom is 0.193 e. The van der Waals surface area contributed by atoms with Crippen LogP contribution in [0.4, 0.5) is 5.69 Å². The minimum absolute atomic E-state index is 0.205. The van der Waals surface area contributed by atoms with E-state index in [1.165, 1.54) is 107 Å². The van der Waals surface area contributed by atoms with E-state index in [4.69, 9.17) is 0 Å². The van der Waals surface area contributed by atoms with Crippen molar-refractivity contribution in [2.24, 2.45) is 11.8 Å². The van der Waals surface area contributed by atoms with Gasteiger partial charge in [-0.3, -0.25) is 15.0 Å². The number of para-hydroxylation sites is 1. The van der Waals surface area contributed by atoms with E-state index in [0.29, 0.717) is 17.9 Å². The largest absolute Gasteiger partial charge is 0.340 e. The molecule has 3 saturated heterocycles. The molecular formula is C40H49N3O. The summed E-state index contributed by atoms with van der Waals surface area (Å²) >= 11 is 0. The molecule has 230 valence electrons. The fourth-order valence-electron chi connectivity index (χ4n) is 10.5. The van der Waals surface area contributed by atoms with E-state index in [9.17, 15) is 4.79 Å². The van der Waals surface area contributed by atoms with Crippen LogP contribution in [0, 0.1) is 11.8 Å². The van der Waals surface area contributed by atoms with Crippen molar-refractivity contribution in [3.05, 3.63) is 101 Å². The fourth-order valence-corrected chi connectivity index (χ4v) is 10.5. The third-order valence-corrected chi connectivity index (χ3v) is 12.1. The van der Waals surface area contributed by atoms with Crippen molar-refractivity contribution >= 4 is 11.5 Å². The average Bonchev–Trinajstić information content (AvgIpc) is 3.09. The van der Waals surface area contributed by atoms with Crippen molar-refractivity contribution in [1.82, 2.24) is 10.2 Å². The molecular weight excluding hydrogens is 538 g/mol. The third kappa shape index (κ3) is 4.50. The topological polar surface area (TPSA) is 35.6 Å². The molecule has 4 fully saturated rings. The van der Waals surface area contributed by atoms with Crippen molar-refractivity contribution in [2.45, 2.75) is 107 Å². The maximum absolute atomic E-state index is 14.1. The van der Waals surface area contributed by atoms with E-state index in [0.717, 1.165) is 17.7 Å². The number of hydrogen-bond acceptors (Lipinski definition) is 4. The molecule has 1 N–H and O–H groups in total. The van der Waals surface area contributed by atoms with Gasteiger partial charge in [0.05, 0.1) is 12.3 Å². The number of hydrogen-bond donors (Lipinski definition) is 1. The summed E-state index contributed by atoms with van der Waals surface area (Å²) < 4.78 is 0. The minimum atomic E-state index is -0.205. The van der Waals surface area contributed by atoms with Crippen molar-refractivity contribution in [3.63, 3.8) is 0 Å². The summed E-state index contributed by atoms with van der Waals surface area (Å²) in [5, 5.41) is 4.13. The van der Waals surface area contributed by atoms with Crippen LogP contribution in [0.1, 0.15) is 111 Å². The highest BCUT2D eigenvalue weighted by Gasteiger charge is 2.64. The Kier molecular flexibility index (Phi) is 7.84. The zero-order valence-electron chi connectivity index (χ0n) is 26.3. The number of piperidine rings is 3. The standard InChI is InChI=1S/C40H49N3O/c44-37-31-21-11-13-23-33(31)40(34-24-14-12-22-32(34)37)35-25-15-27-41-38(35)43(30-19-9-6-10-20-30)39-36(40)26-16-28-42(39)29-17-7-4-2-1-3-5-8-18-29/h6,9-14,19-24,29,35-36,38-39,41H,1-5,7-8,15-18,25-28H2. The highest BCUT2D eigenvalue weighted by Crippen LogP contribution is 2.61. The van der Waals surface area contributed by atoms with Crippen LogP contribution in [-0.2, 0) is 5.41 Å². The Balaban J connectivity index is 1.35. The van der Waals surface area contributed by atoms with E-state index < -0.39 is 0 Å². The predicted octanol–water partition coefficient (Wildman–Crippen LogP) is 8.29. The highest BCUT2D eigenvalue weighted by molar-refractivity contribution is 6.13. The van der Waals surface area contributed by atoms with Gasteiger partial charge in [-0.05, 0) is 68.3 Å². The number of benzene rings is 3. The van der Waals surface area contributed by atoms with Crippen LogP contribution < -0.4 is 10.2 Å². The molecule has 0 aromatic heterocycles. The molecule has 1 spiro atoms. The zero-order chi connectivity index (χ0) is 29.5. The Morgan fingerprint density at radius 3 is 1.89 bits per heavy atom. The molecule has 3 aromatic carbocycles. The van der Waals surface area contributed by atoms with Gasteiger partial charge in [0.25, 0.3) is 0 Å². The van der Waals surface area contributed by atoms with Crippen LogP contribution >= 0.6 is 0 Å². The molecule has 0 bridgehead atoms. The van der Waals surface area contributed by atoms with Crippen molar-refractivity contribution in [2.75, 3.05) is 18.0 Å². The molecule has 0 amide bonds. The van der Waals surface area contributed by atoms with Gasteiger partial charge < -0.3 is 4.90 Å². The molecule has 44 heavy (non-hydrogen) atoms. The molecule has 3 aliphatic heterocycles. The quantitative estimate of drug-likeness (QED) is 0.327. The number of likely N-dealkylation sites (tertiary alicyclic amines) is 1. The summed E-state index contributed by atoms with van der Waals surface area (Å²) in [6, 6.07) is 29.4. The fraction of sp³-hybridized carbons (Fsp3) is 0.525. The second-order valence-corrected chi connectivity index (χ2v) is 14.3. The molecule has 3 aromatic rings. The monoisotopic (exact) mass is 587 g/mol. The second kappa shape index (κ2) is 12.1. The first-order valence-electron chi connectivity index (χ1n) is 17.9. The van der Waals surface area contributed by atoms with E-state index in [1.54, 1.807) is 0 Å². The van der Waals surface area contributed by atoms with E-state index in [2.05, 4.69) is 94.0 Å². The van der Waals surface area contributed by atoms with E-state index >= 15 is 0 Å². The van der Waals surface area contributed by atoms with Crippen molar-refractivity contribution in [1.29, 1.82) is 0 Å². The van der Waals surface area contributed by atoms with Crippen LogP contribution in [0.25, 0.3) is 0 Å².